The lowest BCUT2D eigenvalue weighted by molar-refractivity contribution is 0.208. The van der Waals surface area contributed by atoms with Gasteiger partial charge in [0.15, 0.2) is 0 Å². The summed E-state index contributed by atoms with van der Waals surface area (Å²) in [5, 5.41) is 2.85. The number of hydrogen-bond donors (Lipinski definition) is 1. The first kappa shape index (κ1) is 9.12. The summed E-state index contributed by atoms with van der Waals surface area (Å²) in [6, 6.07) is 1.88. The quantitative estimate of drug-likeness (QED) is 0.777. The third-order valence-corrected chi connectivity index (χ3v) is 2.42. The van der Waals surface area contributed by atoms with Crippen LogP contribution in [0.15, 0.2) is 23.0 Å². The van der Waals surface area contributed by atoms with Crippen molar-refractivity contribution in [1.82, 2.24) is 10.2 Å². The largest absolute Gasteiger partial charge is 0.472 e. The number of carbonyl (C=O) groups is 1. The average molecular weight is 194 g/mol. The first-order valence-corrected chi connectivity index (χ1v) is 4.90. The number of carbonyl (C=O) groups excluding carboxylic acids is 1. The van der Waals surface area contributed by atoms with Crippen LogP contribution in [0, 0.1) is 0 Å². The summed E-state index contributed by atoms with van der Waals surface area (Å²) in [5.41, 5.74) is 0.998. The Morgan fingerprint density at radius 1 is 1.50 bits per heavy atom. The second-order valence-electron chi connectivity index (χ2n) is 3.48. The third kappa shape index (κ3) is 2.07. The highest BCUT2D eigenvalue weighted by molar-refractivity contribution is 5.74. The highest BCUT2D eigenvalue weighted by Crippen LogP contribution is 2.07. The number of urea groups is 1. The summed E-state index contributed by atoms with van der Waals surface area (Å²) in [7, 11) is 0. The Balaban J connectivity index is 1.77. The lowest BCUT2D eigenvalue weighted by Gasteiger charge is -2.15. The molecule has 2 rings (SSSR count). The van der Waals surface area contributed by atoms with Gasteiger partial charge < -0.3 is 14.6 Å². The lowest BCUT2D eigenvalue weighted by atomic mass is 10.3. The van der Waals surface area contributed by atoms with E-state index in [1.807, 2.05) is 11.0 Å². The number of nitrogens with zero attached hydrogens (tertiary/aromatic N) is 1. The molecule has 0 unspecified atom stereocenters. The Bertz CT molecular complexity index is 289. The van der Waals surface area contributed by atoms with Crippen molar-refractivity contribution in [2.45, 2.75) is 19.4 Å². The molecule has 14 heavy (non-hydrogen) atoms. The van der Waals surface area contributed by atoms with Crippen LogP contribution >= 0.6 is 0 Å². The van der Waals surface area contributed by atoms with E-state index in [4.69, 9.17) is 4.42 Å². The van der Waals surface area contributed by atoms with Crippen LogP contribution in [0.2, 0.25) is 0 Å². The van der Waals surface area contributed by atoms with Gasteiger partial charge in [0.2, 0.25) is 0 Å². The van der Waals surface area contributed by atoms with Crippen LogP contribution in [0.4, 0.5) is 4.79 Å². The van der Waals surface area contributed by atoms with Gasteiger partial charge in [0.25, 0.3) is 0 Å². The molecule has 1 aliphatic heterocycles. The van der Waals surface area contributed by atoms with Crippen LogP contribution in [-0.4, -0.2) is 24.0 Å². The molecule has 1 N–H and O–H groups in total. The van der Waals surface area contributed by atoms with Crippen LogP contribution in [0.25, 0.3) is 0 Å². The fraction of sp³-hybridized carbons (Fsp3) is 0.500. The predicted octanol–water partition coefficient (Wildman–Crippen LogP) is 1.59. The molecule has 1 fully saturated rings. The van der Waals surface area contributed by atoms with E-state index in [0.717, 1.165) is 31.5 Å². The maximum atomic E-state index is 11.5. The van der Waals surface area contributed by atoms with Crippen molar-refractivity contribution in [3.05, 3.63) is 24.2 Å². The number of hydrogen-bond acceptors (Lipinski definition) is 2. The minimum Gasteiger partial charge on any atom is -0.472 e. The summed E-state index contributed by atoms with van der Waals surface area (Å²) < 4.78 is 4.91. The molecule has 1 saturated heterocycles. The van der Waals surface area contributed by atoms with Gasteiger partial charge in [-0.1, -0.05) is 0 Å². The molecule has 0 atom stereocenters. The monoisotopic (exact) mass is 194 g/mol. The summed E-state index contributed by atoms with van der Waals surface area (Å²) in [4.78, 5) is 13.4. The molecule has 0 aliphatic carbocycles. The fourth-order valence-corrected chi connectivity index (χ4v) is 1.60. The van der Waals surface area contributed by atoms with E-state index in [2.05, 4.69) is 5.32 Å². The predicted molar refractivity (Wildman–Crippen MR) is 51.8 cm³/mol. The molecule has 4 heteroatoms. The summed E-state index contributed by atoms with van der Waals surface area (Å²) >= 11 is 0. The fourth-order valence-electron chi connectivity index (χ4n) is 1.60. The topological polar surface area (TPSA) is 45.5 Å². The van der Waals surface area contributed by atoms with Crippen molar-refractivity contribution in [1.29, 1.82) is 0 Å². The molecule has 1 aliphatic rings. The standard InChI is InChI=1S/C10H14N2O2/c13-10(12-4-1-2-5-12)11-7-9-3-6-14-8-9/h3,6,8H,1-2,4-5,7H2,(H,11,13). The molecule has 1 aromatic rings. The first-order valence-electron chi connectivity index (χ1n) is 4.90. The molecule has 2 heterocycles. The number of likely N-dealkylation sites (tertiary alicyclic amines) is 1. The first-order chi connectivity index (χ1) is 6.86. The van der Waals surface area contributed by atoms with E-state index < -0.39 is 0 Å². The molecule has 2 amide bonds. The van der Waals surface area contributed by atoms with Gasteiger partial charge in [-0.25, -0.2) is 4.79 Å². The van der Waals surface area contributed by atoms with Crippen LogP contribution in [0.3, 0.4) is 0 Å². The summed E-state index contributed by atoms with van der Waals surface area (Å²) in [5.74, 6) is 0. The van der Waals surface area contributed by atoms with Crippen molar-refractivity contribution in [2.24, 2.45) is 0 Å². The van der Waals surface area contributed by atoms with Gasteiger partial charge in [0.05, 0.1) is 12.5 Å². The van der Waals surface area contributed by atoms with Gasteiger partial charge in [0, 0.05) is 25.2 Å². The van der Waals surface area contributed by atoms with E-state index in [0.29, 0.717) is 6.54 Å². The number of furan rings is 1. The molecule has 1 aromatic heterocycles. The Hall–Kier alpha value is -1.45. The van der Waals surface area contributed by atoms with Crippen molar-refractivity contribution in [2.75, 3.05) is 13.1 Å². The van der Waals surface area contributed by atoms with Crippen LogP contribution < -0.4 is 5.32 Å². The summed E-state index contributed by atoms with van der Waals surface area (Å²) in [6.07, 6.45) is 5.50. The second-order valence-corrected chi connectivity index (χ2v) is 3.48. The zero-order chi connectivity index (χ0) is 9.80. The molecule has 0 radical (unpaired) electrons. The minimum atomic E-state index is 0.0312. The Morgan fingerprint density at radius 3 is 2.93 bits per heavy atom. The molecule has 76 valence electrons. The summed E-state index contributed by atoms with van der Waals surface area (Å²) in [6.45, 7) is 2.32. The van der Waals surface area contributed by atoms with Crippen molar-refractivity contribution >= 4 is 6.03 Å². The maximum absolute atomic E-state index is 11.5. The second kappa shape index (κ2) is 4.17. The number of amides is 2. The Labute approximate surface area is 82.9 Å². The molecule has 0 spiro atoms. The van der Waals surface area contributed by atoms with Gasteiger partial charge >= 0.3 is 6.03 Å². The van der Waals surface area contributed by atoms with E-state index in [1.54, 1.807) is 12.5 Å². The molecule has 0 bridgehead atoms. The number of rotatable bonds is 2. The minimum absolute atomic E-state index is 0.0312. The van der Waals surface area contributed by atoms with E-state index in [9.17, 15) is 4.79 Å². The molecular weight excluding hydrogens is 180 g/mol. The van der Waals surface area contributed by atoms with Crippen LogP contribution in [0.1, 0.15) is 18.4 Å². The zero-order valence-electron chi connectivity index (χ0n) is 8.03. The van der Waals surface area contributed by atoms with Crippen molar-refractivity contribution < 1.29 is 9.21 Å². The SMILES string of the molecule is O=C(NCc1ccoc1)N1CCCC1. The smallest absolute Gasteiger partial charge is 0.317 e. The normalized spacial score (nSPS) is 15.9. The third-order valence-electron chi connectivity index (χ3n) is 2.42. The highest BCUT2D eigenvalue weighted by atomic mass is 16.3. The number of nitrogens with one attached hydrogen (secondary N) is 1. The highest BCUT2D eigenvalue weighted by Gasteiger charge is 2.16. The van der Waals surface area contributed by atoms with Gasteiger partial charge in [0.1, 0.15) is 0 Å². The van der Waals surface area contributed by atoms with Gasteiger partial charge in [-0.15, -0.1) is 0 Å². The van der Waals surface area contributed by atoms with E-state index in [1.165, 1.54) is 0 Å². The lowest BCUT2D eigenvalue weighted by Crippen LogP contribution is -2.37. The zero-order valence-corrected chi connectivity index (χ0v) is 8.03. The Morgan fingerprint density at radius 2 is 2.29 bits per heavy atom. The van der Waals surface area contributed by atoms with E-state index in [-0.39, 0.29) is 6.03 Å². The van der Waals surface area contributed by atoms with Crippen molar-refractivity contribution in [3.63, 3.8) is 0 Å². The Kier molecular flexibility index (Phi) is 2.72. The van der Waals surface area contributed by atoms with Crippen LogP contribution in [0.5, 0.6) is 0 Å². The van der Waals surface area contributed by atoms with Gasteiger partial charge in [-0.3, -0.25) is 0 Å². The average Bonchev–Trinajstić information content (AvgIpc) is 2.87. The van der Waals surface area contributed by atoms with Crippen LogP contribution in [-0.2, 0) is 6.54 Å². The molecule has 4 nitrogen and oxygen atoms in total. The molecule has 0 aromatic carbocycles. The van der Waals surface area contributed by atoms with Gasteiger partial charge in [-0.2, -0.15) is 0 Å². The molecule has 0 saturated carbocycles. The maximum Gasteiger partial charge on any atom is 0.317 e. The van der Waals surface area contributed by atoms with Crippen molar-refractivity contribution in [3.8, 4) is 0 Å². The van der Waals surface area contributed by atoms with E-state index >= 15 is 0 Å². The molecular formula is C10H14N2O2. The van der Waals surface area contributed by atoms with Gasteiger partial charge in [-0.05, 0) is 18.9 Å².